The summed E-state index contributed by atoms with van der Waals surface area (Å²) in [6, 6.07) is 12.2. The molecule has 2 aromatic carbocycles. The molecule has 0 spiro atoms. The average molecular weight is 412 g/mol. The number of nitrogens with zero attached hydrogens (tertiary/aromatic N) is 3. The number of ether oxygens (including phenoxy) is 1. The van der Waals surface area contributed by atoms with E-state index in [4.69, 9.17) is 16.3 Å². The van der Waals surface area contributed by atoms with Gasteiger partial charge in [-0.25, -0.2) is 4.79 Å². The normalized spacial score (nSPS) is 10.7. The first-order valence-electron chi connectivity index (χ1n) is 9.03. The van der Waals surface area contributed by atoms with Crippen molar-refractivity contribution in [1.29, 1.82) is 0 Å². The minimum absolute atomic E-state index is 0.252. The summed E-state index contributed by atoms with van der Waals surface area (Å²) in [6.45, 7) is 5.47. The molecule has 6 nitrogen and oxygen atoms in total. The quantitative estimate of drug-likeness (QED) is 0.648. The van der Waals surface area contributed by atoms with Gasteiger partial charge in [-0.05, 0) is 56.7 Å². The molecular weight excluding hydrogens is 390 g/mol. The van der Waals surface area contributed by atoms with Crippen LogP contribution < -0.4 is 15.3 Å². The van der Waals surface area contributed by atoms with Gasteiger partial charge < -0.3 is 9.64 Å². The number of aryl methyl sites for hydroxylation is 3. The lowest BCUT2D eigenvalue weighted by atomic mass is 10.1. The zero-order valence-electron chi connectivity index (χ0n) is 17.0. The summed E-state index contributed by atoms with van der Waals surface area (Å²) in [5.74, 6) is 0.380. The summed E-state index contributed by atoms with van der Waals surface area (Å²) in [5, 5.41) is 0.355. The Bertz CT molecular complexity index is 1150. The summed E-state index contributed by atoms with van der Waals surface area (Å²) < 4.78 is 6.87. The molecule has 1 heterocycles. The zero-order chi connectivity index (χ0) is 21.3. The number of carbonyl (C=O) groups excluding carboxylic acids is 1. The topological polar surface area (TPSA) is 64.4 Å². The number of benzene rings is 2. The van der Waals surface area contributed by atoms with E-state index in [0.29, 0.717) is 39.1 Å². The van der Waals surface area contributed by atoms with Crippen molar-refractivity contribution in [1.82, 2.24) is 9.55 Å². The van der Waals surface area contributed by atoms with Gasteiger partial charge in [-0.15, -0.1) is 0 Å². The van der Waals surface area contributed by atoms with Crippen LogP contribution in [-0.4, -0.2) is 29.6 Å². The standard InChI is InChI=1S/C22H22ClN3O3/c1-13-7-6-8-18(20(13)29-5)25(4)21(27)16-9-10-17(23)19(12-16)26-15(3)11-14(2)24-22(26)28/h6-12H,1-5H3. The van der Waals surface area contributed by atoms with Crippen LogP contribution in [0.5, 0.6) is 5.75 Å². The number of aromatic nitrogens is 2. The minimum Gasteiger partial charge on any atom is -0.494 e. The molecule has 1 amide bonds. The number of rotatable bonds is 4. The van der Waals surface area contributed by atoms with Gasteiger partial charge in [-0.3, -0.25) is 9.36 Å². The van der Waals surface area contributed by atoms with E-state index in [1.807, 2.05) is 25.1 Å². The van der Waals surface area contributed by atoms with Crippen molar-refractivity contribution in [2.45, 2.75) is 20.8 Å². The van der Waals surface area contributed by atoms with Gasteiger partial charge in [0.1, 0.15) is 5.75 Å². The number of amides is 1. The SMILES string of the molecule is COc1c(C)cccc1N(C)C(=O)c1ccc(Cl)c(-n2c(C)cc(C)nc2=O)c1. The number of anilines is 1. The van der Waals surface area contributed by atoms with Crippen LogP contribution in [0.3, 0.4) is 0 Å². The molecule has 150 valence electrons. The van der Waals surface area contributed by atoms with E-state index < -0.39 is 5.69 Å². The molecule has 3 rings (SSSR count). The zero-order valence-corrected chi connectivity index (χ0v) is 17.7. The van der Waals surface area contributed by atoms with Crippen molar-refractivity contribution >= 4 is 23.2 Å². The minimum atomic E-state index is -0.442. The monoisotopic (exact) mass is 411 g/mol. The first kappa shape index (κ1) is 20.6. The maximum Gasteiger partial charge on any atom is 0.352 e. The van der Waals surface area contributed by atoms with Crippen molar-refractivity contribution in [2.75, 3.05) is 19.1 Å². The largest absolute Gasteiger partial charge is 0.494 e. The molecule has 0 aliphatic heterocycles. The smallest absolute Gasteiger partial charge is 0.352 e. The molecule has 0 saturated heterocycles. The molecule has 0 aliphatic carbocycles. The van der Waals surface area contributed by atoms with E-state index in [1.54, 1.807) is 52.3 Å². The highest BCUT2D eigenvalue weighted by atomic mass is 35.5. The maximum absolute atomic E-state index is 13.2. The van der Waals surface area contributed by atoms with Crippen LogP contribution in [0.4, 0.5) is 5.69 Å². The van der Waals surface area contributed by atoms with Crippen LogP contribution in [0.25, 0.3) is 5.69 Å². The second kappa shape index (κ2) is 8.09. The second-order valence-electron chi connectivity index (χ2n) is 6.81. The van der Waals surface area contributed by atoms with Crippen molar-refractivity contribution < 1.29 is 9.53 Å². The number of halogens is 1. The predicted molar refractivity (Wildman–Crippen MR) is 115 cm³/mol. The third-order valence-electron chi connectivity index (χ3n) is 4.73. The summed E-state index contributed by atoms with van der Waals surface area (Å²) in [4.78, 5) is 31.1. The van der Waals surface area contributed by atoms with Crippen LogP contribution in [0.1, 0.15) is 27.3 Å². The number of para-hydroxylation sites is 1. The Morgan fingerprint density at radius 3 is 2.52 bits per heavy atom. The summed E-state index contributed by atoms with van der Waals surface area (Å²) in [7, 11) is 3.25. The van der Waals surface area contributed by atoms with Crippen molar-refractivity contribution in [3.05, 3.63) is 80.5 Å². The number of methoxy groups -OCH3 is 1. The van der Waals surface area contributed by atoms with Crippen LogP contribution >= 0.6 is 11.6 Å². The summed E-state index contributed by atoms with van der Waals surface area (Å²) in [5.41, 5.74) is 3.25. The molecule has 0 aliphatic rings. The van der Waals surface area contributed by atoms with E-state index in [-0.39, 0.29) is 5.91 Å². The fourth-order valence-corrected chi connectivity index (χ4v) is 3.53. The molecule has 0 radical (unpaired) electrons. The van der Waals surface area contributed by atoms with E-state index in [0.717, 1.165) is 5.56 Å². The third-order valence-corrected chi connectivity index (χ3v) is 5.05. The molecular formula is C22H22ClN3O3. The second-order valence-corrected chi connectivity index (χ2v) is 7.22. The van der Waals surface area contributed by atoms with Crippen LogP contribution in [0, 0.1) is 20.8 Å². The lowest BCUT2D eigenvalue weighted by Gasteiger charge is -2.22. The van der Waals surface area contributed by atoms with Gasteiger partial charge in [0.05, 0.1) is 23.5 Å². The Hall–Kier alpha value is -3.12. The Balaban J connectivity index is 2.08. The highest BCUT2D eigenvalue weighted by Gasteiger charge is 2.20. The Morgan fingerprint density at radius 1 is 1.14 bits per heavy atom. The van der Waals surface area contributed by atoms with E-state index >= 15 is 0 Å². The van der Waals surface area contributed by atoms with Gasteiger partial charge in [0, 0.05) is 24.0 Å². The number of carbonyl (C=O) groups is 1. The molecule has 0 N–H and O–H groups in total. The first-order chi connectivity index (χ1) is 13.7. The lowest BCUT2D eigenvalue weighted by Crippen LogP contribution is -2.28. The average Bonchev–Trinajstić information content (AvgIpc) is 2.67. The molecule has 3 aromatic rings. The fourth-order valence-electron chi connectivity index (χ4n) is 3.33. The lowest BCUT2D eigenvalue weighted by molar-refractivity contribution is 0.0992. The predicted octanol–water partition coefficient (Wildman–Crippen LogP) is 4.10. The van der Waals surface area contributed by atoms with E-state index in [9.17, 15) is 9.59 Å². The Labute approximate surface area is 174 Å². The highest BCUT2D eigenvalue weighted by molar-refractivity contribution is 6.32. The Morgan fingerprint density at radius 2 is 1.86 bits per heavy atom. The van der Waals surface area contributed by atoms with Gasteiger partial charge in [0.2, 0.25) is 0 Å². The van der Waals surface area contributed by atoms with E-state index in [1.165, 1.54) is 9.47 Å². The van der Waals surface area contributed by atoms with Gasteiger partial charge in [-0.2, -0.15) is 4.98 Å². The van der Waals surface area contributed by atoms with Crippen LogP contribution in [-0.2, 0) is 0 Å². The first-order valence-corrected chi connectivity index (χ1v) is 9.41. The van der Waals surface area contributed by atoms with Crippen molar-refractivity contribution in [2.24, 2.45) is 0 Å². The maximum atomic E-state index is 13.2. The molecule has 0 unspecified atom stereocenters. The molecule has 29 heavy (non-hydrogen) atoms. The number of hydrogen-bond acceptors (Lipinski definition) is 4. The number of hydrogen-bond donors (Lipinski definition) is 0. The summed E-state index contributed by atoms with van der Waals surface area (Å²) in [6.07, 6.45) is 0. The van der Waals surface area contributed by atoms with E-state index in [2.05, 4.69) is 4.98 Å². The van der Waals surface area contributed by atoms with Gasteiger partial charge in [0.25, 0.3) is 5.91 Å². The van der Waals surface area contributed by atoms with Gasteiger partial charge in [0.15, 0.2) is 0 Å². The summed E-state index contributed by atoms with van der Waals surface area (Å²) >= 11 is 6.35. The third kappa shape index (κ3) is 3.89. The van der Waals surface area contributed by atoms with Crippen molar-refractivity contribution in [3.63, 3.8) is 0 Å². The fraction of sp³-hybridized carbons (Fsp3) is 0.227. The van der Waals surface area contributed by atoms with Gasteiger partial charge in [-0.1, -0.05) is 23.7 Å². The van der Waals surface area contributed by atoms with Crippen LogP contribution in [0.2, 0.25) is 5.02 Å². The molecule has 1 aromatic heterocycles. The highest BCUT2D eigenvalue weighted by Crippen LogP contribution is 2.32. The molecule has 0 saturated carbocycles. The molecule has 0 bridgehead atoms. The Kier molecular flexibility index (Phi) is 5.75. The molecule has 7 heteroatoms. The molecule has 0 fully saturated rings. The van der Waals surface area contributed by atoms with Gasteiger partial charge >= 0.3 is 5.69 Å². The van der Waals surface area contributed by atoms with Crippen LogP contribution in [0.15, 0.2) is 47.3 Å². The van der Waals surface area contributed by atoms with Crippen molar-refractivity contribution in [3.8, 4) is 11.4 Å². The molecule has 0 atom stereocenters.